The molecule has 1 fully saturated rings. The first-order valence-electron chi connectivity index (χ1n) is 9.40. The third-order valence-electron chi connectivity index (χ3n) is 5.20. The number of nitrogens with one attached hydrogen (secondary N) is 1. The fourth-order valence-electron chi connectivity index (χ4n) is 3.58. The van der Waals surface area contributed by atoms with Gasteiger partial charge in [0.25, 0.3) is 0 Å². The van der Waals surface area contributed by atoms with Gasteiger partial charge in [0.15, 0.2) is 12.4 Å². The molecule has 7 heteroatoms. The fourth-order valence-corrected chi connectivity index (χ4v) is 3.58. The number of fused-ring (bicyclic) bond motifs is 1. The summed E-state index contributed by atoms with van der Waals surface area (Å²) >= 11 is 0. The number of ketones is 1. The van der Waals surface area contributed by atoms with Gasteiger partial charge in [-0.15, -0.1) is 0 Å². The van der Waals surface area contributed by atoms with E-state index in [1.807, 2.05) is 31.2 Å². The number of Topliss-reactive ketones (excluding diaryl/α,β-unsaturated/α-hetero) is 1. The van der Waals surface area contributed by atoms with Crippen molar-refractivity contribution in [2.75, 3.05) is 23.4 Å². The van der Waals surface area contributed by atoms with Gasteiger partial charge < -0.3 is 15.0 Å². The molecule has 0 radical (unpaired) electrons. The molecule has 0 aliphatic carbocycles. The van der Waals surface area contributed by atoms with Crippen molar-refractivity contribution in [3.05, 3.63) is 59.2 Å². The predicted molar refractivity (Wildman–Crippen MR) is 106 cm³/mol. The van der Waals surface area contributed by atoms with Crippen LogP contribution in [0.3, 0.4) is 0 Å². The molecule has 148 valence electrons. The highest BCUT2D eigenvalue weighted by atomic mass is 16.5. The molecule has 2 aliphatic heterocycles. The Morgan fingerprint density at radius 3 is 2.66 bits per heavy atom. The lowest BCUT2D eigenvalue weighted by atomic mass is 10.1. The Morgan fingerprint density at radius 2 is 1.90 bits per heavy atom. The van der Waals surface area contributed by atoms with E-state index in [2.05, 4.69) is 5.32 Å². The maximum Gasteiger partial charge on any atom is 0.311 e. The van der Waals surface area contributed by atoms with Gasteiger partial charge in [0.05, 0.1) is 12.3 Å². The van der Waals surface area contributed by atoms with Crippen molar-refractivity contribution in [2.45, 2.75) is 19.8 Å². The highest BCUT2D eigenvalue weighted by Gasteiger charge is 2.36. The zero-order chi connectivity index (χ0) is 20.5. The van der Waals surface area contributed by atoms with E-state index in [4.69, 9.17) is 4.74 Å². The number of hydrogen-bond acceptors (Lipinski definition) is 5. The molecule has 0 aromatic heterocycles. The molecular formula is C22H20N2O5. The molecule has 0 saturated carbocycles. The van der Waals surface area contributed by atoms with Crippen LogP contribution in [0.1, 0.15) is 27.9 Å². The topological polar surface area (TPSA) is 92.8 Å². The van der Waals surface area contributed by atoms with E-state index in [1.54, 1.807) is 23.1 Å². The maximum absolute atomic E-state index is 12.4. The number of nitrogens with zero attached hydrogens (tertiary/aromatic N) is 1. The van der Waals surface area contributed by atoms with Crippen LogP contribution in [0.4, 0.5) is 11.4 Å². The molecule has 0 unspecified atom stereocenters. The Morgan fingerprint density at radius 1 is 1.14 bits per heavy atom. The second-order valence-electron chi connectivity index (χ2n) is 7.37. The van der Waals surface area contributed by atoms with Crippen LogP contribution in [0.25, 0.3) is 0 Å². The van der Waals surface area contributed by atoms with Crippen LogP contribution in [0.15, 0.2) is 42.5 Å². The third kappa shape index (κ3) is 3.89. The van der Waals surface area contributed by atoms with Gasteiger partial charge in [0.2, 0.25) is 11.8 Å². The number of esters is 1. The van der Waals surface area contributed by atoms with Gasteiger partial charge in [-0.25, -0.2) is 0 Å². The van der Waals surface area contributed by atoms with Crippen molar-refractivity contribution in [1.29, 1.82) is 0 Å². The molecule has 2 aliphatic rings. The van der Waals surface area contributed by atoms with E-state index in [9.17, 15) is 19.2 Å². The molecule has 2 amide bonds. The first kappa shape index (κ1) is 18.9. The molecule has 1 saturated heterocycles. The average Bonchev–Trinajstić information content (AvgIpc) is 3.27. The smallest absolute Gasteiger partial charge is 0.311 e. The molecule has 0 bridgehead atoms. The SMILES string of the molecule is Cc1ccc(N2C[C@@H](C(=O)OCC(=O)c3ccc4c(c3)CC(=O)N4)CC2=O)cc1. The van der Waals surface area contributed by atoms with Crippen LogP contribution in [0.2, 0.25) is 0 Å². The minimum Gasteiger partial charge on any atom is -0.457 e. The Kier molecular flexibility index (Phi) is 4.88. The number of anilines is 2. The summed E-state index contributed by atoms with van der Waals surface area (Å²) in [6.45, 7) is 1.80. The van der Waals surface area contributed by atoms with E-state index in [0.29, 0.717) is 11.3 Å². The lowest BCUT2D eigenvalue weighted by Gasteiger charge is -2.16. The van der Waals surface area contributed by atoms with Crippen molar-refractivity contribution in [3.8, 4) is 0 Å². The molecule has 2 heterocycles. The molecule has 2 aromatic carbocycles. The number of aryl methyl sites for hydroxylation is 1. The van der Waals surface area contributed by atoms with Crippen molar-refractivity contribution >= 4 is 34.9 Å². The Hall–Kier alpha value is -3.48. The van der Waals surface area contributed by atoms with Crippen molar-refractivity contribution in [1.82, 2.24) is 0 Å². The second kappa shape index (κ2) is 7.50. The minimum absolute atomic E-state index is 0.0630. The molecule has 2 aromatic rings. The van der Waals surface area contributed by atoms with Crippen molar-refractivity contribution in [2.24, 2.45) is 5.92 Å². The fraction of sp³-hybridized carbons (Fsp3) is 0.273. The normalized spacial score (nSPS) is 17.8. The van der Waals surface area contributed by atoms with Gasteiger partial charge in [-0.1, -0.05) is 17.7 Å². The zero-order valence-electron chi connectivity index (χ0n) is 15.9. The van der Waals surface area contributed by atoms with E-state index < -0.39 is 18.5 Å². The monoisotopic (exact) mass is 392 g/mol. The number of rotatable bonds is 5. The Bertz CT molecular complexity index is 1010. The van der Waals surface area contributed by atoms with Crippen LogP contribution < -0.4 is 10.2 Å². The predicted octanol–water partition coefficient (Wildman–Crippen LogP) is 2.27. The van der Waals surface area contributed by atoms with Crippen molar-refractivity contribution in [3.63, 3.8) is 0 Å². The number of hydrogen-bond donors (Lipinski definition) is 1. The van der Waals surface area contributed by atoms with Crippen LogP contribution in [0.5, 0.6) is 0 Å². The quantitative estimate of drug-likeness (QED) is 0.622. The maximum atomic E-state index is 12.4. The Labute approximate surface area is 167 Å². The minimum atomic E-state index is -0.599. The van der Waals surface area contributed by atoms with Gasteiger partial charge >= 0.3 is 5.97 Å². The standard InChI is InChI=1S/C22H20N2O5/c1-13-2-5-17(6-3-13)24-11-16(10-21(24)27)22(28)29-12-19(25)14-4-7-18-15(8-14)9-20(26)23-18/h2-8,16H,9-12H2,1H3,(H,23,26)/t16-/m0/s1. The van der Waals surface area contributed by atoms with Crippen LogP contribution >= 0.6 is 0 Å². The number of amides is 2. The highest BCUT2D eigenvalue weighted by molar-refractivity contribution is 6.03. The number of carbonyl (C=O) groups excluding carboxylic acids is 4. The van der Waals surface area contributed by atoms with Crippen LogP contribution in [0, 0.1) is 12.8 Å². The summed E-state index contributed by atoms with van der Waals surface area (Å²) in [4.78, 5) is 50.0. The first-order chi connectivity index (χ1) is 13.9. The van der Waals surface area contributed by atoms with Gasteiger partial charge in [0, 0.05) is 29.9 Å². The largest absolute Gasteiger partial charge is 0.457 e. The highest BCUT2D eigenvalue weighted by Crippen LogP contribution is 2.27. The summed E-state index contributed by atoms with van der Waals surface area (Å²) in [7, 11) is 0. The van der Waals surface area contributed by atoms with Gasteiger partial charge in [-0.05, 0) is 42.8 Å². The molecule has 1 N–H and O–H groups in total. The molecule has 7 nitrogen and oxygen atoms in total. The van der Waals surface area contributed by atoms with Crippen molar-refractivity contribution < 1.29 is 23.9 Å². The first-order valence-corrected chi connectivity index (χ1v) is 9.40. The van der Waals surface area contributed by atoms with E-state index in [1.165, 1.54) is 0 Å². The zero-order valence-corrected chi connectivity index (χ0v) is 15.9. The summed E-state index contributed by atoms with van der Waals surface area (Å²) in [5.74, 6) is -1.75. The van der Waals surface area contributed by atoms with E-state index in [0.717, 1.165) is 16.8 Å². The van der Waals surface area contributed by atoms with Crippen LogP contribution in [-0.4, -0.2) is 36.7 Å². The average molecular weight is 392 g/mol. The molecule has 0 spiro atoms. The molecule has 4 rings (SSSR count). The third-order valence-corrected chi connectivity index (χ3v) is 5.20. The molecule has 1 atom stereocenters. The molecule has 29 heavy (non-hydrogen) atoms. The van der Waals surface area contributed by atoms with Gasteiger partial charge in [-0.3, -0.25) is 19.2 Å². The Balaban J connectivity index is 1.35. The number of carbonyl (C=O) groups is 4. The van der Waals surface area contributed by atoms with E-state index >= 15 is 0 Å². The second-order valence-corrected chi connectivity index (χ2v) is 7.37. The summed E-state index contributed by atoms with van der Waals surface area (Å²) in [6.07, 6.45) is 0.294. The van der Waals surface area contributed by atoms with Gasteiger partial charge in [0.1, 0.15) is 0 Å². The summed E-state index contributed by atoms with van der Waals surface area (Å²) in [6, 6.07) is 12.4. The van der Waals surface area contributed by atoms with Gasteiger partial charge in [-0.2, -0.15) is 0 Å². The lowest BCUT2D eigenvalue weighted by molar-refractivity contribution is -0.147. The molecular weight excluding hydrogens is 372 g/mol. The number of benzene rings is 2. The van der Waals surface area contributed by atoms with Crippen LogP contribution in [-0.2, 0) is 25.5 Å². The summed E-state index contributed by atoms with van der Waals surface area (Å²) in [5.41, 5.74) is 3.66. The number of ether oxygens (including phenoxy) is 1. The summed E-state index contributed by atoms with van der Waals surface area (Å²) in [5, 5.41) is 2.70. The van der Waals surface area contributed by atoms with E-state index in [-0.39, 0.29) is 37.0 Å². The lowest BCUT2D eigenvalue weighted by Crippen LogP contribution is -2.27. The summed E-state index contributed by atoms with van der Waals surface area (Å²) < 4.78 is 5.18.